The van der Waals surface area contributed by atoms with E-state index >= 15 is 0 Å². The summed E-state index contributed by atoms with van der Waals surface area (Å²) in [6.45, 7) is 5.94. The van der Waals surface area contributed by atoms with Crippen LogP contribution in [0, 0.1) is 5.82 Å². The number of hydrogen-bond acceptors (Lipinski definition) is 2. The average molecular weight is 257 g/mol. The molecule has 1 aromatic rings. The number of rotatable bonds is 2. The Morgan fingerprint density at radius 2 is 2.29 bits per heavy atom. The molecule has 2 rings (SSSR count). The summed E-state index contributed by atoms with van der Waals surface area (Å²) in [7, 11) is 0. The molecule has 17 heavy (non-hydrogen) atoms. The lowest BCUT2D eigenvalue weighted by Crippen LogP contribution is -2.55. The monoisotopic (exact) mass is 256 g/mol. The van der Waals surface area contributed by atoms with Crippen molar-refractivity contribution in [1.29, 1.82) is 0 Å². The van der Waals surface area contributed by atoms with Gasteiger partial charge in [0.15, 0.2) is 0 Å². The van der Waals surface area contributed by atoms with Crippen LogP contribution in [0.25, 0.3) is 0 Å². The number of piperazine rings is 1. The minimum atomic E-state index is -0.193. The minimum Gasteiger partial charge on any atom is -0.363 e. The molecule has 0 radical (unpaired) electrons. The fraction of sp³-hybridized carbons (Fsp3) is 0.538. The Morgan fingerprint density at radius 1 is 1.53 bits per heavy atom. The molecular formula is C13H18ClFN2. The summed E-state index contributed by atoms with van der Waals surface area (Å²) in [5.74, 6) is -0.193. The van der Waals surface area contributed by atoms with Crippen LogP contribution < -0.4 is 10.2 Å². The molecule has 1 aliphatic heterocycles. The number of nitrogens with one attached hydrogen (secondary N) is 1. The summed E-state index contributed by atoms with van der Waals surface area (Å²) in [5, 5.41) is 4.01. The van der Waals surface area contributed by atoms with Gasteiger partial charge in [-0.15, -0.1) is 0 Å². The summed E-state index contributed by atoms with van der Waals surface area (Å²) in [6, 6.07) is 5.46. The van der Waals surface area contributed by atoms with Gasteiger partial charge in [0.2, 0.25) is 0 Å². The fourth-order valence-electron chi connectivity index (χ4n) is 2.32. The molecule has 94 valence electrons. The van der Waals surface area contributed by atoms with Crippen LogP contribution in [0.3, 0.4) is 0 Å². The Labute approximate surface area is 107 Å². The first kappa shape index (κ1) is 12.7. The van der Waals surface area contributed by atoms with Crippen LogP contribution in [0.15, 0.2) is 18.2 Å². The Bertz CT molecular complexity index is 397. The van der Waals surface area contributed by atoms with Crippen molar-refractivity contribution in [3.63, 3.8) is 0 Å². The zero-order valence-electron chi connectivity index (χ0n) is 10.2. The summed E-state index contributed by atoms with van der Waals surface area (Å²) < 4.78 is 13.9. The third-order valence-electron chi connectivity index (χ3n) is 3.30. The van der Waals surface area contributed by atoms with Gasteiger partial charge in [-0.3, -0.25) is 0 Å². The molecule has 1 N–H and O–H groups in total. The fourth-order valence-corrected chi connectivity index (χ4v) is 2.49. The van der Waals surface area contributed by atoms with Crippen molar-refractivity contribution < 1.29 is 4.39 Å². The topological polar surface area (TPSA) is 15.3 Å². The molecule has 1 saturated heterocycles. The van der Waals surface area contributed by atoms with E-state index < -0.39 is 0 Å². The van der Waals surface area contributed by atoms with Gasteiger partial charge in [0, 0.05) is 30.2 Å². The Kier molecular flexibility index (Phi) is 3.89. The summed E-state index contributed by atoms with van der Waals surface area (Å²) >= 11 is 5.95. The van der Waals surface area contributed by atoms with Crippen LogP contribution in [-0.2, 0) is 0 Å². The van der Waals surface area contributed by atoms with E-state index in [2.05, 4.69) is 24.1 Å². The van der Waals surface area contributed by atoms with Crippen LogP contribution in [0.5, 0.6) is 0 Å². The molecule has 2 nitrogen and oxygen atoms in total. The minimum absolute atomic E-state index is 0.193. The molecule has 1 fully saturated rings. The van der Waals surface area contributed by atoms with Crippen molar-refractivity contribution in [2.75, 3.05) is 18.0 Å². The van der Waals surface area contributed by atoms with Gasteiger partial charge in [-0.1, -0.05) is 18.5 Å². The van der Waals surface area contributed by atoms with Gasteiger partial charge in [0.25, 0.3) is 0 Å². The van der Waals surface area contributed by atoms with Gasteiger partial charge in [0.1, 0.15) is 5.82 Å². The largest absolute Gasteiger partial charge is 0.363 e. The van der Waals surface area contributed by atoms with Gasteiger partial charge >= 0.3 is 0 Å². The Hall–Kier alpha value is -0.800. The van der Waals surface area contributed by atoms with E-state index in [4.69, 9.17) is 11.6 Å². The maximum Gasteiger partial charge on any atom is 0.146 e. The number of benzene rings is 1. The lowest BCUT2D eigenvalue weighted by Gasteiger charge is -2.40. The highest BCUT2D eigenvalue weighted by atomic mass is 35.5. The molecule has 0 bridgehead atoms. The SMILES string of the molecule is CCC1CNC(C)CN1c1cc(Cl)ccc1F. The highest BCUT2D eigenvalue weighted by Crippen LogP contribution is 2.27. The molecule has 2 atom stereocenters. The van der Waals surface area contributed by atoms with Crippen molar-refractivity contribution in [2.24, 2.45) is 0 Å². The quantitative estimate of drug-likeness (QED) is 0.875. The van der Waals surface area contributed by atoms with Crippen molar-refractivity contribution >= 4 is 17.3 Å². The number of hydrogen-bond donors (Lipinski definition) is 1. The predicted molar refractivity (Wildman–Crippen MR) is 70.3 cm³/mol. The summed E-state index contributed by atoms with van der Waals surface area (Å²) in [6.07, 6.45) is 0.992. The zero-order chi connectivity index (χ0) is 12.4. The average Bonchev–Trinajstić information content (AvgIpc) is 2.32. The van der Waals surface area contributed by atoms with Gasteiger partial charge in [-0.25, -0.2) is 4.39 Å². The van der Waals surface area contributed by atoms with Crippen molar-refractivity contribution in [3.05, 3.63) is 29.0 Å². The van der Waals surface area contributed by atoms with Crippen LogP contribution in [0.4, 0.5) is 10.1 Å². The van der Waals surface area contributed by atoms with E-state index in [1.165, 1.54) is 6.07 Å². The smallest absolute Gasteiger partial charge is 0.146 e. The van der Waals surface area contributed by atoms with Crippen molar-refractivity contribution in [1.82, 2.24) is 5.32 Å². The third-order valence-corrected chi connectivity index (χ3v) is 3.54. The molecule has 2 unspecified atom stereocenters. The Morgan fingerprint density at radius 3 is 3.00 bits per heavy atom. The van der Waals surface area contributed by atoms with Crippen LogP contribution >= 0.6 is 11.6 Å². The second-order valence-corrected chi connectivity index (χ2v) is 5.06. The molecule has 1 heterocycles. The van der Waals surface area contributed by atoms with Gasteiger partial charge < -0.3 is 10.2 Å². The first-order valence-corrected chi connectivity index (χ1v) is 6.44. The van der Waals surface area contributed by atoms with Crippen LogP contribution in [0.2, 0.25) is 5.02 Å². The lowest BCUT2D eigenvalue weighted by molar-refractivity contribution is 0.398. The molecule has 4 heteroatoms. The number of anilines is 1. The van der Waals surface area contributed by atoms with E-state index in [1.54, 1.807) is 12.1 Å². The third kappa shape index (κ3) is 2.72. The van der Waals surface area contributed by atoms with Crippen LogP contribution in [0.1, 0.15) is 20.3 Å². The molecule has 1 aliphatic rings. The highest BCUT2D eigenvalue weighted by molar-refractivity contribution is 6.30. The standard InChI is InChI=1S/C13H18ClFN2/c1-3-11-7-16-9(2)8-17(11)13-6-10(14)4-5-12(13)15/h4-6,9,11,16H,3,7-8H2,1-2H3. The van der Waals surface area contributed by atoms with Gasteiger partial charge in [0.05, 0.1) is 5.69 Å². The molecule has 0 aromatic heterocycles. The second kappa shape index (κ2) is 5.23. The van der Waals surface area contributed by atoms with E-state index in [1.807, 2.05) is 0 Å². The molecule has 0 spiro atoms. The molecule has 1 aromatic carbocycles. The number of nitrogens with zero attached hydrogens (tertiary/aromatic N) is 1. The van der Waals surface area contributed by atoms with Crippen molar-refractivity contribution in [2.45, 2.75) is 32.4 Å². The van der Waals surface area contributed by atoms with E-state index in [0.717, 1.165) is 19.5 Å². The van der Waals surface area contributed by atoms with E-state index in [-0.39, 0.29) is 5.82 Å². The molecular weight excluding hydrogens is 239 g/mol. The van der Waals surface area contributed by atoms with Crippen LogP contribution in [-0.4, -0.2) is 25.2 Å². The summed E-state index contributed by atoms with van der Waals surface area (Å²) in [4.78, 5) is 2.13. The molecule has 0 saturated carbocycles. The normalized spacial score (nSPS) is 25.1. The van der Waals surface area contributed by atoms with Crippen molar-refractivity contribution in [3.8, 4) is 0 Å². The summed E-state index contributed by atoms with van der Waals surface area (Å²) in [5.41, 5.74) is 0.623. The highest BCUT2D eigenvalue weighted by Gasteiger charge is 2.26. The zero-order valence-corrected chi connectivity index (χ0v) is 11.0. The van der Waals surface area contributed by atoms with E-state index in [9.17, 15) is 4.39 Å². The lowest BCUT2D eigenvalue weighted by atomic mass is 10.1. The van der Waals surface area contributed by atoms with E-state index in [0.29, 0.717) is 22.8 Å². The number of halogens is 2. The predicted octanol–water partition coefficient (Wildman–Crippen LogP) is 3.06. The second-order valence-electron chi connectivity index (χ2n) is 4.62. The Balaban J connectivity index is 2.31. The van der Waals surface area contributed by atoms with Gasteiger partial charge in [-0.2, -0.15) is 0 Å². The first-order chi connectivity index (χ1) is 8.11. The molecule has 0 aliphatic carbocycles. The first-order valence-electron chi connectivity index (χ1n) is 6.07. The van der Waals surface area contributed by atoms with Gasteiger partial charge in [-0.05, 0) is 31.5 Å². The maximum absolute atomic E-state index is 13.9. The maximum atomic E-state index is 13.9. The molecule has 0 amide bonds.